The van der Waals surface area contributed by atoms with Gasteiger partial charge in [-0.05, 0) is 0 Å². The van der Waals surface area contributed by atoms with Gasteiger partial charge < -0.3 is 19.9 Å². The van der Waals surface area contributed by atoms with Gasteiger partial charge in [-0.15, -0.1) is 0 Å². The minimum atomic E-state index is -0.777. The van der Waals surface area contributed by atoms with Crippen LogP contribution >= 0.6 is 0 Å². The minimum Gasteiger partial charge on any atom is -0.325 e. The van der Waals surface area contributed by atoms with Crippen LogP contribution in [0.15, 0.2) is 0 Å². The van der Waals surface area contributed by atoms with Crippen LogP contribution in [-0.4, -0.2) is 31.3 Å². The number of rotatable bonds is 1. The molecule has 3 saturated heterocycles. The maximum Gasteiger partial charge on any atom is 0.282 e. The van der Waals surface area contributed by atoms with Crippen LogP contribution in [0.2, 0.25) is 0 Å². The van der Waals surface area contributed by atoms with E-state index < -0.39 is 11.5 Å². The summed E-state index contributed by atoms with van der Waals surface area (Å²) >= 11 is 0. The number of nitrogens with two attached hydrogens (primary N) is 1. The smallest absolute Gasteiger partial charge is 0.282 e. The first-order valence-electron chi connectivity index (χ1n) is 3.89. The Kier molecular flexibility index (Phi) is 1.47. The van der Waals surface area contributed by atoms with Crippen molar-refractivity contribution in [3.05, 3.63) is 0 Å². The topological polar surface area (TPSA) is 53.7 Å². The molecular weight excluding hydrogens is 146 g/mol. The highest BCUT2D eigenvalue weighted by Gasteiger charge is 2.49. The molecule has 2 N–H and O–H groups in total. The van der Waals surface area contributed by atoms with Crippen molar-refractivity contribution in [2.45, 2.75) is 24.9 Å². The van der Waals surface area contributed by atoms with Crippen molar-refractivity contribution in [2.75, 3.05) is 19.8 Å². The Bertz CT molecular complexity index is 147. The van der Waals surface area contributed by atoms with Gasteiger partial charge in [-0.25, -0.2) is 0 Å². The number of ether oxygens (including phenoxy) is 3. The normalized spacial score (nSPS) is 49.6. The predicted molar refractivity (Wildman–Crippen MR) is 37.8 cm³/mol. The molecule has 0 saturated carbocycles. The zero-order valence-corrected chi connectivity index (χ0v) is 6.63. The van der Waals surface area contributed by atoms with Gasteiger partial charge in [0.2, 0.25) is 0 Å². The van der Waals surface area contributed by atoms with Crippen LogP contribution in [0.4, 0.5) is 0 Å². The first-order chi connectivity index (χ1) is 5.18. The van der Waals surface area contributed by atoms with Crippen molar-refractivity contribution < 1.29 is 14.2 Å². The molecule has 0 aromatic heterocycles. The third-order valence-electron chi connectivity index (χ3n) is 2.17. The Morgan fingerprint density at radius 3 is 2.00 bits per heavy atom. The van der Waals surface area contributed by atoms with E-state index in [1.807, 2.05) is 6.92 Å². The highest BCUT2D eigenvalue weighted by Crippen LogP contribution is 2.33. The van der Waals surface area contributed by atoms with Gasteiger partial charge in [0.25, 0.3) is 5.97 Å². The summed E-state index contributed by atoms with van der Waals surface area (Å²) in [6.45, 7) is 3.59. The molecule has 4 nitrogen and oxygen atoms in total. The van der Waals surface area contributed by atoms with Gasteiger partial charge in [0.05, 0.1) is 25.4 Å². The van der Waals surface area contributed by atoms with Crippen LogP contribution < -0.4 is 5.73 Å². The standard InChI is InChI=1S/C7H13NO3/c1-2-7-9-3-6(8,4-10-7)5-11-7/h2-5,8H2,1H3. The van der Waals surface area contributed by atoms with E-state index in [1.165, 1.54) is 0 Å². The summed E-state index contributed by atoms with van der Waals surface area (Å²) < 4.78 is 16.0. The van der Waals surface area contributed by atoms with Crippen LogP contribution in [-0.2, 0) is 14.2 Å². The third-order valence-corrected chi connectivity index (χ3v) is 2.17. The van der Waals surface area contributed by atoms with E-state index in [2.05, 4.69) is 0 Å². The molecule has 2 bridgehead atoms. The Hall–Kier alpha value is -0.160. The van der Waals surface area contributed by atoms with Crippen LogP contribution in [0.5, 0.6) is 0 Å². The molecule has 0 aromatic carbocycles. The van der Waals surface area contributed by atoms with Crippen LogP contribution in [0, 0.1) is 0 Å². The van der Waals surface area contributed by atoms with Gasteiger partial charge in [0, 0.05) is 6.42 Å². The highest BCUT2D eigenvalue weighted by atomic mass is 16.9. The summed E-state index contributed by atoms with van der Waals surface area (Å²) in [5, 5.41) is 0. The summed E-state index contributed by atoms with van der Waals surface area (Å²) in [5.41, 5.74) is 5.43. The fraction of sp³-hybridized carbons (Fsp3) is 1.00. The Morgan fingerprint density at radius 1 is 1.18 bits per heavy atom. The third kappa shape index (κ3) is 1.06. The minimum absolute atomic E-state index is 0.406. The zero-order chi connectivity index (χ0) is 7.95. The summed E-state index contributed by atoms with van der Waals surface area (Å²) in [4.78, 5) is 0. The molecule has 0 aliphatic carbocycles. The number of fused-ring (bicyclic) bond motifs is 3. The monoisotopic (exact) mass is 159 g/mol. The van der Waals surface area contributed by atoms with Crippen molar-refractivity contribution in [2.24, 2.45) is 5.73 Å². The van der Waals surface area contributed by atoms with E-state index in [-0.39, 0.29) is 0 Å². The average Bonchev–Trinajstić information content (AvgIpc) is 2.07. The molecule has 3 fully saturated rings. The molecule has 0 spiro atoms. The molecule has 3 heterocycles. The first kappa shape index (κ1) is 7.49. The summed E-state index contributed by atoms with van der Waals surface area (Å²) in [7, 11) is 0. The molecular formula is C7H13NO3. The Labute approximate surface area is 65.6 Å². The molecule has 0 radical (unpaired) electrons. The SMILES string of the molecule is CCC12OCC(N)(CO1)CO2. The van der Waals surface area contributed by atoms with Crippen molar-refractivity contribution in [3.8, 4) is 0 Å². The first-order valence-corrected chi connectivity index (χ1v) is 3.89. The van der Waals surface area contributed by atoms with Crippen LogP contribution in [0.3, 0.4) is 0 Å². The van der Waals surface area contributed by atoms with Gasteiger partial charge in [-0.3, -0.25) is 0 Å². The van der Waals surface area contributed by atoms with Crippen LogP contribution in [0.1, 0.15) is 13.3 Å². The highest BCUT2D eigenvalue weighted by molar-refractivity contribution is 4.92. The molecule has 3 rings (SSSR count). The van der Waals surface area contributed by atoms with Gasteiger partial charge in [-0.2, -0.15) is 0 Å². The van der Waals surface area contributed by atoms with E-state index >= 15 is 0 Å². The summed E-state index contributed by atoms with van der Waals surface area (Å²) in [6, 6.07) is 0. The zero-order valence-electron chi connectivity index (χ0n) is 6.63. The predicted octanol–water partition coefficient (Wildman–Crippen LogP) is -0.175. The molecule has 11 heavy (non-hydrogen) atoms. The lowest BCUT2D eigenvalue weighted by molar-refractivity contribution is -0.451. The van der Waals surface area contributed by atoms with Gasteiger partial charge in [0.1, 0.15) is 0 Å². The molecule has 0 unspecified atom stereocenters. The maximum atomic E-state index is 5.83. The Balaban J connectivity index is 2.12. The molecule has 0 aromatic rings. The van der Waals surface area contributed by atoms with Crippen molar-refractivity contribution in [1.29, 1.82) is 0 Å². The largest absolute Gasteiger partial charge is 0.325 e. The second kappa shape index (κ2) is 2.17. The molecule has 3 aliphatic rings. The molecule has 0 atom stereocenters. The van der Waals surface area contributed by atoms with Crippen molar-refractivity contribution >= 4 is 0 Å². The van der Waals surface area contributed by atoms with Gasteiger partial charge in [0.15, 0.2) is 0 Å². The van der Waals surface area contributed by atoms with E-state index in [1.54, 1.807) is 0 Å². The molecule has 0 amide bonds. The Morgan fingerprint density at radius 2 is 1.64 bits per heavy atom. The lowest BCUT2D eigenvalue weighted by atomic mass is 10.0. The fourth-order valence-corrected chi connectivity index (χ4v) is 1.32. The molecule has 4 heteroatoms. The summed E-state index contributed by atoms with van der Waals surface area (Å²) in [5.74, 6) is -0.777. The molecule has 3 aliphatic heterocycles. The quantitative estimate of drug-likeness (QED) is 0.577. The van der Waals surface area contributed by atoms with Crippen LogP contribution in [0.25, 0.3) is 0 Å². The van der Waals surface area contributed by atoms with Gasteiger partial charge >= 0.3 is 0 Å². The van der Waals surface area contributed by atoms with E-state index in [0.29, 0.717) is 26.2 Å². The van der Waals surface area contributed by atoms with Crippen molar-refractivity contribution in [1.82, 2.24) is 0 Å². The number of hydrogen-bond donors (Lipinski definition) is 1. The summed E-state index contributed by atoms with van der Waals surface area (Å²) in [6.07, 6.45) is 0.711. The number of hydrogen-bond acceptors (Lipinski definition) is 4. The van der Waals surface area contributed by atoms with E-state index in [9.17, 15) is 0 Å². The lowest BCUT2D eigenvalue weighted by Crippen LogP contribution is -2.67. The second-order valence-electron chi connectivity index (χ2n) is 3.26. The maximum absolute atomic E-state index is 5.83. The fourth-order valence-electron chi connectivity index (χ4n) is 1.32. The van der Waals surface area contributed by atoms with Crippen molar-refractivity contribution in [3.63, 3.8) is 0 Å². The molecule has 64 valence electrons. The lowest BCUT2D eigenvalue weighted by Gasteiger charge is -2.49. The van der Waals surface area contributed by atoms with Gasteiger partial charge in [-0.1, -0.05) is 6.92 Å². The average molecular weight is 159 g/mol. The second-order valence-corrected chi connectivity index (χ2v) is 3.26. The van der Waals surface area contributed by atoms with E-state index in [0.717, 1.165) is 0 Å². The van der Waals surface area contributed by atoms with E-state index in [4.69, 9.17) is 19.9 Å².